The maximum absolute atomic E-state index is 10.6. The summed E-state index contributed by atoms with van der Waals surface area (Å²) in [4.78, 5) is 10.6. The maximum Gasteiger partial charge on any atom is 0.233 e. The molecule has 0 atom stereocenters. The molecule has 0 unspecified atom stereocenters. The Labute approximate surface area is 61.2 Å². The first-order valence-electron chi connectivity index (χ1n) is 3.84. The Balaban J connectivity index is 1.88. The van der Waals surface area contributed by atoms with Crippen LogP contribution in [0, 0.1) is 5.92 Å². The van der Waals surface area contributed by atoms with Gasteiger partial charge in [-0.05, 0) is 18.8 Å². The van der Waals surface area contributed by atoms with Crippen LogP contribution in [0.25, 0.3) is 0 Å². The molecule has 0 aromatic heterocycles. The van der Waals surface area contributed by atoms with Crippen LogP contribution in [0.4, 0.5) is 0 Å². The van der Waals surface area contributed by atoms with E-state index in [2.05, 4.69) is 10.9 Å². The van der Waals surface area contributed by atoms with Crippen LogP contribution in [0.5, 0.6) is 0 Å². The van der Waals surface area contributed by atoms with Crippen LogP contribution < -0.4 is 10.9 Å². The molecule has 0 aromatic carbocycles. The van der Waals surface area contributed by atoms with E-state index in [1.807, 2.05) is 6.92 Å². The van der Waals surface area contributed by atoms with Crippen LogP contribution in [0.1, 0.15) is 26.2 Å². The van der Waals surface area contributed by atoms with Crippen LogP contribution >= 0.6 is 0 Å². The van der Waals surface area contributed by atoms with Crippen molar-refractivity contribution in [3.63, 3.8) is 0 Å². The van der Waals surface area contributed by atoms with Crippen molar-refractivity contribution in [1.82, 2.24) is 10.9 Å². The van der Waals surface area contributed by atoms with Gasteiger partial charge in [0.05, 0.1) is 0 Å². The predicted molar refractivity (Wildman–Crippen MR) is 39.2 cm³/mol. The zero-order valence-corrected chi connectivity index (χ0v) is 6.31. The van der Waals surface area contributed by atoms with Crippen molar-refractivity contribution in [3.05, 3.63) is 0 Å². The van der Waals surface area contributed by atoms with Gasteiger partial charge in [0.15, 0.2) is 0 Å². The lowest BCUT2D eigenvalue weighted by atomic mass is 10.4. The minimum Gasteiger partial charge on any atom is -0.292 e. The summed E-state index contributed by atoms with van der Waals surface area (Å²) in [5.41, 5.74) is 5.51. The van der Waals surface area contributed by atoms with Crippen molar-refractivity contribution < 1.29 is 4.79 Å². The fourth-order valence-corrected chi connectivity index (χ4v) is 0.704. The molecule has 10 heavy (non-hydrogen) atoms. The van der Waals surface area contributed by atoms with Crippen molar-refractivity contribution in [2.45, 2.75) is 26.2 Å². The van der Waals surface area contributed by atoms with E-state index in [0.717, 1.165) is 12.5 Å². The lowest BCUT2D eigenvalue weighted by molar-refractivity contribution is -0.121. The lowest BCUT2D eigenvalue weighted by Gasteiger charge is -2.03. The predicted octanol–water partition coefficient (Wildman–Crippen LogP) is 0.427. The second kappa shape index (κ2) is 3.56. The van der Waals surface area contributed by atoms with E-state index >= 15 is 0 Å². The molecule has 0 aliphatic heterocycles. The highest BCUT2D eigenvalue weighted by Gasteiger charge is 2.20. The second-order valence-corrected chi connectivity index (χ2v) is 2.73. The van der Waals surface area contributed by atoms with Gasteiger partial charge in [-0.2, -0.15) is 0 Å². The van der Waals surface area contributed by atoms with Gasteiger partial charge in [0.2, 0.25) is 5.91 Å². The van der Waals surface area contributed by atoms with E-state index in [9.17, 15) is 4.79 Å². The quantitative estimate of drug-likeness (QED) is 0.559. The molecule has 1 saturated carbocycles. The molecule has 2 N–H and O–H groups in total. The molecule has 0 spiro atoms. The van der Waals surface area contributed by atoms with Gasteiger partial charge >= 0.3 is 0 Å². The third kappa shape index (κ3) is 2.82. The van der Waals surface area contributed by atoms with E-state index < -0.39 is 0 Å². The van der Waals surface area contributed by atoms with Gasteiger partial charge in [-0.3, -0.25) is 10.2 Å². The monoisotopic (exact) mass is 142 g/mol. The Bertz CT molecular complexity index is 121. The van der Waals surface area contributed by atoms with Gasteiger partial charge in [-0.25, -0.2) is 5.43 Å². The molecule has 1 rings (SSSR count). The van der Waals surface area contributed by atoms with Crippen LogP contribution in [0.3, 0.4) is 0 Å². The average molecular weight is 142 g/mol. The number of hydrazine groups is 1. The summed E-state index contributed by atoms with van der Waals surface area (Å²) in [6.07, 6.45) is 3.18. The Hall–Kier alpha value is -0.570. The maximum atomic E-state index is 10.6. The Morgan fingerprint density at radius 1 is 1.60 bits per heavy atom. The van der Waals surface area contributed by atoms with Crippen molar-refractivity contribution in [2.75, 3.05) is 6.54 Å². The smallest absolute Gasteiger partial charge is 0.233 e. The molecule has 3 heteroatoms. The normalized spacial score (nSPS) is 16.9. The summed E-state index contributed by atoms with van der Waals surface area (Å²) in [5, 5.41) is 0. The summed E-state index contributed by atoms with van der Waals surface area (Å²) in [6, 6.07) is 0. The summed E-state index contributed by atoms with van der Waals surface area (Å²) in [7, 11) is 0. The SMILES string of the molecule is CCC(=O)NNCC1CC1. The van der Waals surface area contributed by atoms with Gasteiger partial charge in [-0.1, -0.05) is 6.92 Å². The van der Waals surface area contributed by atoms with E-state index in [0.29, 0.717) is 6.42 Å². The summed E-state index contributed by atoms with van der Waals surface area (Å²) in [6.45, 7) is 2.78. The number of nitrogens with one attached hydrogen (secondary N) is 2. The zero-order chi connectivity index (χ0) is 7.40. The number of carbonyl (C=O) groups excluding carboxylic acids is 1. The fraction of sp³-hybridized carbons (Fsp3) is 0.857. The first-order valence-corrected chi connectivity index (χ1v) is 3.84. The summed E-state index contributed by atoms with van der Waals surface area (Å²) >= 11 is 0. The van der Waals surface area contributed by atoms with Gasteiger partial charge in [0.25, 0.3) is 0 Å². The van der Waals surface area contributed by atoms with Crippen molar-refractivity contribution in [2.24, 2.45) is 5.92 Å². The average Bonchev–Trinajstić information content (AvgIpc) is 2.71. The first-order chi connectivity index (χ1) is 4.83. The van der Waals surface area contributed by atoms with Crippen LogP contribution in [-0.4, -0.2) is 12.5 Å². The van der Waals surface area contributed by atoms with Gasteiger partial charge in [0, 0.05) is 13.0 Å². The molecule has 3 nitrogen and oxygen atoms in total. The van der Waals surface area contributed by atoms with E-state index in [-0.39, 0.29) is 5.91 Å². The third-order valence-electron chi connectivity index (χ3n) is 1.64. The van der Waals surface area contributed by atoms with Gasteiger partial charge in [-0.15, -0.1) is 0 Å². The molecule has 0 saturated heterocycles. The Morgan fingerprint density at radius 2 is 2.30 bits per heavy atom. The molecule has 1 aliphatic rings. The molecule has 58 valence electrons. The van der Waals surface area contributed by atoms with Crippen molar-refractivity contribution in [3.8, 4) is 0 Å². The minimum absolute atomic E-state index is 0.0700. The largest absolute Gasteiger partial charge is 0.292 e. The zero-order valence-electron chi connectivity index (χ0n) is 6.31. The fourth-order valence-electron chi connectivity index (χ4n) is 0.704. The lowest BCUT2D eigenvalue weighted by Crippen LogP contribution is -2.38. The van der Waals surface area contributed by atoms with Crippen molar-refractivity contribution in [1.29, 1.82) is 0 Å². The van der Waals surface area contributed by atoms with Crippen LogP contribution in [0.2, 0.25) is 0 Å². The molecule has 1 aliphatic carbocycles. The number of hydrogen-bond donors (Lipinski definition) is 2. The number of hydrogen-bond acceptors (Lipinski definition) is 2. The second-order valence-electron chi connectivity index (χ2n) is 2.73. The van der Waals surface area contributed by atoms with E-state index in [1.165, 1.54) is 12.8 Å². The molecule has 1 fully saturated rings. The minimum atomic E-state index is 0.0700. The highest BCUT2D eigenvalue weighted by Crippen LogP contribution is 2.27. The molecule has 1 amide bonds. The Morgan fingerprint density at radius 3 is 2.80 bits per heavy atom. The highest BCUT2D eigenvalue weighted by atomic mass is 16.2. The molecule has 0 bridgehead atoms. The molecular formula is C7H14N2O. The topological polar surface area (TPSA) is 41.1 Å². The summed E-state index contributed by atoms with van der Waals surface area (Å²) < 4.78 is 0. The molecular weight excluding hydrogens is 128 g/mol. The van der Waals surface area contributed by atoms with Crippen LogP contribution in [-0.2, 0) is 4.79 Å². The highest BCUT2D eigenvalue weighted by molar-refractivity contribution is 5.74. The standard InChI is InChI=1S/C7H14N2O/c1-2-7(10)9-8-5-6-3-4-6/h6,8H,2-5H2,1H3,(H,9,10). The summed E-state index contributed by atoms with van der Waals surface area (Å²) in [5.74, 6) is 0.887. The van der Waals surface area contributed by atoms with Crippen molar-refractivity contribution >= 4 is 5.91 Å². The van der Waals surface area contributed by atoms with E-state index in [4.69, 9.17) is 0 Å². The third-order valence-corrected chi connectivity index (χ3v) is 1.64. The first kappa shape index (κ1) is 7.54. The molecule has 0 heterocycles. The van der Waals surface area contributed by atoms with Crippen LogP contribution in [0.15, 0.2) is 0 Å². The number of rotatable bonds is 4. The Kier molecular flexibility index (Phi) is 2.68. The number of carbonyl (C=O) groups is 1. The molecule has 0 aromatic rings. The number of amides is 1. The molecule has 0 radical (unpaired) electrons. The van der Waals surface area contributed by atoms with Gasteiger partial charge < -0.3 is 0 Å². The van der Waals surface area contributed by atoms with Gasteiger partial charge in [0.1, 0.15) is 0 Å². The van der Waals surface area contributed by atoms with E-state index in [1.54, 1.807) is 0 Å².